The topological polar surface area (TPSA) is 54.4 Å². The van der Waals surface area contributed by atoms with E-state index in [4.69, 9.17) is 11.6 Å². The molecule has 15 heavy (non-hydrogen) atoms. The molecule has 92 valence electrons. The Bertz CT molecular complexity index is 221. The maximum Gasteiger partial charge on any atom is 0.222 e. The number of carbonyl (C=O) groups is 1. The van der Waals surface area contributed by atoms with Crippen LogP contribution in [0.1, 0.15) is 39.0 Å². The Morgan fingerprint density at radius 2 is 1.87 bits per heavy atom. The average molecular weight is 277 g/mol. The molecular formula is C9H19Cl2O3P. The number of carbonyl (C=O) groups excluding carboxylic acids is 1. The lowest BCUT2D eigenvalue weighted by Crippen LogP contribution is -1.98. The minimum Gasteiger partial charge on any atom is -0.344 e. The summed E-state index contributed by atoms with van der Waals surface area (Å²) in [6.45, 7) is 2.09. The number of halogens is 2. The summed E-state index contributed by atoms with van der Waals surface area (Å²) in [5, 5.41) is -0.534. The van der Waals surface area contributed by atoms with Crippen molar-refractivity contribution in [1.29, 1.82) is 0 Å². The Balaban J connectivity index is 0. The van der Waals surface area contributed by atoms with Crippen LogP contribution >= 0.6 is 31.4 Å². The second kappa shape index (κ2) is 9.65. The molecule has 0 rings (SSSR count). The van der Waals surface area contributed by atoms with Gasteiger partial charge in [0, 0.05) is 18.7 Å². The van der Waals surface area contributed by atoms with E-state index in [-0.39, 0.29) is 25.0 Å². The Morgan fingerprint density at radius 3 is 2.33 bits per heavy atom. The highest BCUT2D eigenvalue weighted by Gasteiger charge is 2.18. The van der Waals surface area contributed by atoms with Crippen LogP contribution in [0.4, 0.5) is 0 Å². The van der Waals surface area contributed by atoms with Gasteiger partial charge < -0.3 is 4.89 Å². The van der Waals surface area contributed by atoms with Gasteiger partial charge in [0.1, 0.15) is 0 Å². The standard InChI is InChI=1S/C9H18ClO3P.ClH/c1-2-3-4-5-7-14(12,13)8-6-9(10)11;/h2-8H2,1H3,(H,12,13);1H. The predicted octanol–water partition coefficient (Wildman–Crippen LogP) is 3.41. The van der Waals surface area contributed by atoms with Gasteiger partial charge in [-0.2, -0.15) is 0 Å². The van der Waals surface area contributed by atoms with Gasteiger partial charge in [0.2, 0.25) is 12.6 Å². The van der Waals surface area contributed by atoms with Crippen LogP contribution in [0.2, 0.25) is 0 Å². The second-order valence-corrected chi connectivity index (χ2v) is 6.47. The molecule has 1 atom stereocenters. The zero-order valence-corrected chi connectivity index (χ0v) is 11.4. The summed E-state index contributed by atoms with van der Waals surface area (Å²) >= 11 is 5.10. The van der Waals surface area contributed by atoms with Crippen LogP contribution in [0.5, 0.6) is 0 Å². The summed E-state index contributed by atoms with van der Waals surface area (Å²) in [5.74, 6) is 0. The van der Waals surface area contributed by atoms with Gasteiger partial charge in [0.15, 0.2) is 0 Å². The molecule has 0 heterocycles. The van der Waals surface area contributed by atoms with E-state index in [0.717, 1.165) is 25.7 Å². The monoisotopic (exact) mass is 276 g/mol. The third kappa shape index (κ3) is 12.4. The molecule has 0 saturated heterocycles. The lowest BCUT2D eigenvalue weighted by molar-refractivity contribution is -0.111. The highest BCUT2D eigenvalue weighted by atomic mass is 35.5. The van der Waals surface area contributed by atoms with Gasteiger partial charge in [-0.1, -0.05) is 26.2 Å². The largest absolute Gasteiger partial charge is 0.344 e. The summed E-state index contributed by atoms with van der Waals surface area (Å²) in [6, 6.07) is 0. The lowest BCUT2D eigenvalue weighted by atomic mass is 10.2. The third-order valence-electron chi connectivity index (χ3n) is 2.02. The fourth-order valence-electron chi connectivity index (χ4n) is 1.16. The van der Waals surface area contributed by atoms with E-state index in [1.54, 1.807) is 0 Å². The highest BCUT2D eigenvalue weighted by Crippen LogP contribution is 2.42. The summed E-state index contributed by atoms with van der Waals surface area (Å²) < 4.78 is 11.4. The van der Waals surface area contributed by atoms with Crippen LogP contribution in [0.3, 0.4) is 0 Å². The van der Waals surface area contributed by atoms with Gasteiger partial charge >= 0.3 is 0 Å². The van der Waals surface area contributed by atoms with E-state index in [0.29, 0.717) is 6.16 Å². The molecule has 0 aliphatic carbocycles. The molecule has 6 heteroatoms. The van der Waals surface area contributed by atoms with Gasteiger partial charge in [-0.25, -0.2) is 0 Å². The van der Waals surface area contributed by atoms with Gasteiger partial charge in [0.25, 0.3) is 0 Å². The number of hydrogen-bond donors (Lipinski definition) is 1. The second-order valence-electron chi connectivity index (χ2n) is 3.46. The molecule has 0 aromatic rings. The lowest BCUT2D eigenvalue weighted by Gasteiger charge is -2.09. The van der Waals surface area contributed by atoms with Crippen LogP contribution in [0.15, 0.2) is 0 Å². The van der Waals surface area contributed by atoms with Crippen LogP contribution in [-0.2, 0) is 9.36 Å². The van der Waals surface area contributed by atoms with Gasteiger partial charge in [-0.3, -0.25) is 9.36 Å². The molecule has 1 unspecified atom stereocenters. The molecule has 0 aromatic carbocycles. The zero-order chi connectivity index (χ0) is 11.0. The Kier molecular flexibility index (Phi) is 11.5. The highest BCUT2D eigenvalue weighted by molar-refractivity contribution is 7.58. The molecule has 0 spiro atoms. The molecule has 0 fully saturated rings. The average Bonchev–Trinajstić information content (AvgIpc) is 2.10. The molecule has 0 aliphatic rings. The van der Waals surface area contributed by atoms with Crippen molar-refractivity contribution < 1.29 is 14.3 Å². The molecule has 1 N–H and O–H groups in total. The molecule has 0 amide bonds. The van der Waals surface area contributed by atoms with Crippen molar-refractivity contribution in [2.45, 2.75) is 39.0 Å². The van der Waals surface area contributed by atoms with E-state index < -0.39 is 12.6 Å². The summed E-state index contributed by atoms with van der Waals surface area (Å²) in [5.41, 5.74) is 0. The van der Waals surface area contributed by atoms with Crippen LogP contribution in [-0.4, -0.2) is 22.5 Å². The van der Waals surface area contributed by atoms with Crippen molar-refractivity contribution in [3.8, 4) is 0 Å². The van der Waals surface area contributed by atoms with E-state index in [1.807, 2.05) is 0 Å². The van der Waals surface area contributed by atoms with Crippen molar-refractivity contribution in [3.63, 3.8) is 0 Å². The van der Waals surface area contributed by atoms with E-state index >= 15 is 0 Å². The van der Waals surface area contributed by atoms with Gasteiger partial charge in [-0.05, 0) is 18.0 Å². The number of rotatable bonds is 8. The van der Waals surface area contributed by atoms with Crippen molar-refractivity contribution >= 4 is 36.6 Å². The van der Waals surface area contributed by atoms with Crippen molar-refractivity contribution in [2.75, 3.05) is 12.3 Å². The normalized spacial score (nSPS) is 14.1. The smallest absolute Gasteiger partial charge is 0.222 e. The molecule has 0 bridgehead atoms. The predicted molar refractivity (Wildman–Crippen MR) is 66.4 cm³/mol. The van der Waals surface area contributed by atoms with Gasteiger partial charge in [-0.15, -0.1) is 12.4 Å². The SMILES string of the molecule is CCCCCCP(=O)(O)CCC(=O)Cl.Cl. The Morgan fingerprint density at radius 1 is 1.27 bits per heavy atom. The molecule has 3 nitrogen and oxygen atoms in total. The van der Waals surface area contributed by atoms with E-state index in [1.165, 1.54) is 0 Å². The Hall–Kier alpha value is 0.440. The molecular weight excluding hydrogens is 258 g/mol. The minimum absolute atomic E-state index is 0. The van der Waals surface area contributed by atoms with Crippen molar-refractivity contribution in [1.82, 2.24) is 0 Å². The fourth-order valence-corrected chi connectivity index (χ4v) is 2.88. The molecule has 0 saturated carbocycles. The summed E-state index contributed by atoms with van der Waals surface area (Å²) in [6.07, 6.45) is 4.29. The summed E-state index contributed by atoms with van der Waals surface area (Å²) in [4.78, 5) is 19.8. The van der Waals surface area contributed by atoms with Crippen LogP contribution < -0.4 is 0 Å². The third-order valence-corrected chi connectivity index (χ3v) is 4.15. The van der Waals surface area contributed by atoms with Crippen molar-refractivity contribution in [3.05, 3.63) is 0 Å². The number of unbranched alkanes of at least 4 members (excludes halogenated alkanes) is 3. The van der Waals surface area contributed by atoms with E-state index in [9.17, 15) is 14.3 Å². The summed E-state index contributed by atoms with van der Waals surface area (Å²) in [7, 11) is -3.09. The fraction of sp³-hybridized carbons (Fsp3) is 0.889. The van der Waals surface area contributed by atoms with Gasteiger partial charge in [0.05, 0.1) is 0 Å². The van der Waals surface area contributed by atoms with Crippen molar-refractivity contribution in [2.24, 2.45) is 0 Å². The first kappa shape index (κ1) is 17.8. The minimum atomic E-state index is -3.09. The first-order valence-electron chi connectivity index (χ1n) is 4.97. The van der Waals surface area contributed by atoms with E-state index in [2.05, 4.69) is 6.92 Å². The first-order chi connectivity index (χ1) is 6.48. The maximum absolute atomic E-state index is 11.4. The zero-order valence-electron chi connectivity index (χ0n) is 8.95. The molecule has 0 aromatic heterocycles. The maximum atomic E-state index is 11.4. The number of hydrogen-bond acceptors (Lipinski definition) is 2. The molecule has 0 aliphatic heterocycles. The Labute approximate surface area is 102 Å². The van der Waals surface area contributed by atoms with Crippen LogP contribution in [0, 0.1) is 0 Å². The first-order valence-corrected chi connectivity index (χ1v) is 7.38. The quantitative estimate of drug-likeness (QED) is 0.420. The molecule has 0 radical (unpaired) electrons. The van der Waals surface area contributed by atoms with Crippen LogP contribution in [0.25, 0.3) is 0 Å².